The van der Waals surface area contributed by atoms with Gasteiger partial charge in [0.1, 0.15) is 0 Å². The van der Waals surface area contributed by atoms with Crippen LogP contribution in [0.4, 0.5) is 0 Å². The summed E-state index contributed by atoms with van der Waals surface area (Å²) < 4.78 is 0. The van der Waals surface area contributed by atoms with Crippen molar-refractivity contribution in [3.05, 3.63) is 0 Å². The van der Waals surface area contributed by atoms with E-state index in [0.717, 1.165) is 19.0 Å². The lowest BCUT2D eigenvalue weighted by molar-refractivity contribution is 0.0670. The molecule has 0 amide bonds. The van der Waals surface area contributed by atoms with Crippen molar-refractivity contribution in [2.75, 3.05) is 32.8 Å². The van der Waals surface area contributed by atoms with Crippen molar-refractivity contribution in [2.24, 2.45) is 5.92 Å². The molecule has 72 valence electrons. The molecule has 0 aromatic rings. The molecule has 0 aromatic carbocycles. The molecule has 0 aromatic heterocycles. The molecule has 3 heteroatoms. The highest BCUT2D eigenvalue weighted by atomic mass is 16.3. The van der Waals surface area contributed by atoms with Crippen LogP contribution < -0.4 is 5.32 Å². The molecule has 0 atom stereocenters. The molecule has 1 rings (SSSR count). The summed E-state index contributed by atoms with van der Waals surface area (Å²) in [6.07, 6.45) is 0. The maximum atomic E-state index is 8.54. The number of hydrogen-bond acceptors (Lipinski definition) is 3. The number of nitrogens with one attached hydrogen (secondary N) is 1. The molecule has 0 unspecified atom stereocenters. The van der Waals surface area contributed by atoms with E-state index in [2.05, 4.69) is 24.1 Å². The van der Waals surface area contributed by atoms with Gasteiger partial charge in [-0.15, -0.1) is 0 Å². The Bertz CT molecular complexity index is 122. The standard InChI is InChI=1S/C9H20N2O/c1-8(2)11-6-9(7-11)5-10-3-4-12/h8-10,12H,3-7H2,1-2H3. The Morgan fingerprint density at radius 2 is 2.17 bits per heavy atom. The molecule has 1 heterocycles. The van der Waals surface area contributed by atoms with Crippen molar-refractivity contribution < 1.29 is 5.11 Å². The zero-order valence-electron chi connectivity index (χ0n) is 8.08. The van der Waals surface area contributed by atoms with Crippen molar-refractivity contribution >= 4 is 0 Å². The quantitative estimate of drug-likeness (QED) is 0.569. The lowest BCUT2D eigenvalue weighted by Gasteiger charge is -2.42. The number of rotatable bonds is 5. The van der Waals surface area contributed by atoms with Gasteiger partial charge in [0.25, 0.3) is 0 Å². The predicted octanol–water partition coefficient (Wildman–Crippen LogP) is -0.0915. The molecule has 0 aliphatic carbocycles. The molecule has 0 spiro atoms. The molecule has 1 fully saturated rings. The predicted molar refractivity (Wildman–Crippen MR) is 50.2 cm³/mol. The zero-order valence-corrected chi connectivity index (χ0v) is 8.08. The van der Waals surface area contributed by atoms with Gasteiger partial charge in [-0.3, -0.25) is 0 Å². The van der Waals surface area contributed by atoms with Crippen LogP contribution in [0.3, 0.4) is 0 Å². The van der Waals surface area contributed by atoms with Gasteiger partial charge in [0.05, 0.1) is 6.61 Å². The number of aliphatic hydroxyl groups excluding tert-OH is 1. The zero-order chi connectivity index (χ0) is 8.97. The molecule has 1 saturated heterocycles. The van der Waals surface area contributed by atoms with Gasteiger partial charge in [-0.2, -0.15) is 0 Å². The van der Waals surface area contributed by atoms with Gasteiger partial charge in [-0.1, -0.05) is 0 Å². The van der Waals surface area contributed by atoms with E-state index in [1.54, 1.807) is 0 Å². The van der Waals surface area contributed by atoms with Crippen LogP contribution in [-0.2, 0) is 0 Å². The lowest BCUT2D eigenvalue weighted by atomic mass is 9.98. The third kappa shape index (κ3) is 2.73. The monoisotopic (exact) mass is 172 g/mol. The maximum Gasteiger partial charge on any atom is 0.0555 e. The van der Waals surface area contributed by atoms with E-state index in [1.807, 2.05) is 0 Å². The SMILES string of the molecule is CC(C)N1CC(CNCCO)C1. The second kappa shape index (κ2) is 4.80. The summed E-state index contributed by atoms with van der Waals surface area (Å²) in [5.74, 6) is 0.805. The number of hydrogen-bond donors (Lipinski definition) is 2. The Hall–Kier alpha value is -0.120. The van der Waals surface area contributed by atoms with Crippen LogP contribution in [0.5, 0.6) is 0 Å². The van der Waals surface area contributed by atoms with Crippen molar-refractivity contribution in [3.63, 3.8) is 0 Å². The van der Waals surface area contributed by atoms with E-state index in [1.165, 1.54) is 13.1 Å². The van der Waals surface area contributed by atoms with Gasteiger partial charge in [-0.25, -0.2) is 0 Å². The van der Waals surface area contributed by atoms with Crippen molar-refractivity contribution in [1.82, 2.24) is 10.2 Å². The normalized spacial score (nSPS) is 20.0. The van der Waals surface area contributed by atoms with E-state index in [9.17, 15) is 0 Å². The van der Waals surface area contributed by atoms with E-state index in [4.69, 9.17) is 5.11 Å². The highest BCUT2D eigenvalue weighted by molar-refractivity contribution is 4.83. The Morgan fingerprint density at radius 3 is 2.67 bits per heavy atom. The molecule has 3 nitrogen and oxygen atoms in total. The topological polar surface area (TPSA) is 35.5 Å². The van der Waals surface area contributed by atoms with Gasteiger partial charge in [0.15, 0.2) is 0 Å². The summed E-state index contributed by atoms with van der Waals surface area (Å²) >= 11 is 0. The average molecular weight is 172 g/mol. The minimum absolute atomic E-state index is 0.251. The fourth-order valence-corrected chi connectivity index (χ4v) is 1.55. The fourth-order valence-electron chi connectivity index (χ4n) is 1.55. The Kier molecular flexibility index (Phi) is 3.98. The largest absolute Gasteiger partial charge is 0.395 e. The smallest absolute Gasteiger partial charge is 0.0555 e. The third-order valence-corrected chi connectivity index (χ3v) is 2.44. The third-order valence-electron chi connectivity index (χ3n) is 2.44. The van der Waals surface area contributed by atoms with Crippen molar-refractivity contribution in [3.8, 4) is 0 Å². The molecule has 2 N–H and O–H groups in total. The molecule has 1 aliphatic rings. The van der Waals surface area contributed by atoms with Crippen LogP contribution in [0, 0.1) is 5.92 Å². The van der Waals surface area contributed by atoms with Crippen LogP contribution in [-0.4, -0.2) is 48.8 Å². The molecule has 1 aliphatic heterocycles. The van der Waals surface area contributed by atoms with Crippen molar-refractivity contribution in [2.45, 2.75) is 19.9 Å². The molecule has 0 radical (unpaired) electrons. The summed E-state index contributed by atoms with van der Waals surface area (Å²) in [6, 6.07) is 0.694. The highest BCUT2D eigenvalue weighted by Gasteiger charge is 2.27. The second-order valence-corrected chi connectivity index (χ2v) is 3.84. The van der Waals surface area contributed by atoms with Crippen molar-refractivity contribution in [1.29, 1.82) is 0 Å². The Labute approximate surface area is 74.8 Å². The fraction of sp³-hybridized carbons (Fsp3) is 1.00. The summed E-state index contributed by atoms with van der Waals surface area (Å²) in [6.45, 7) is 8.95. The summed E-state index contributed by atoms with van der Waals surface area (Å²) in [5.41, 5.74) is 0. The van der Waals surface area contributed by atoms with Crippen LogP contribution >= 0.6 is 0 Å². The molecule has 12 heavy (non-hydrogen) atoms. The van der Waals surface area contributed by atoms with E-state index in [0.29, 0.717) is 6.04 Å². The summed E-state index contributed by atoms with van der Waals surface area (Å²) in [4.78, 5) is 2.46. The van der Waals surface area contributed by atoms with Gasteiger partial charge in [0, 0.05) is 32.2 Å². The maximum absolute atomic E-state index is 8.54. The Morgan fingerprint density at radius 1 is 1.50 bits per heavy atom. The number of nitrogens with zero attached hydrogens (tertiary/aromatic N) is 1. The van der Waals surface area contributed by atoms with Gasteiger partial charge in [0.2, 0.25) is 0 Å². The first-order chi connectivity index (χ1) is 5.74. The first-order valence-corrected chi connectivity index (χ1v) is 4.79. The lowest BCUT2D eigenvalue weighted by Crippen LogP contribution is -2.53. The second-order valence-electron chi connectivity index (χ2n) is 3.84. The molecular formula is C9H20N2O. The van der Waals surface area contributed by atoms with E-state index >= 15 is 0 Å². The average Bonchev–Trinajstić information content (AvgIpc) is 1.93. The van der Waals surface area contributed by atoms with Crippen LogP contribution in [0.1, 0.15) is 13.8 Å². The minimum Gasteiger partial charge on any atom is -0.395 e. The molecule has 0 saturated carbocycles. The van der Waals surface area contributed by atoms with Gasteiger partial charge >= 0.3 is 0 Å². The summed E-state index contributed by atoms with van der Waals surface area (Å²) in [5, 5.41) is 11.8. The van der Waals surface area contributed by atoms with E-state index < -0.39 is 0 Å². The van der Waals surface area contributed by atoms with Crippen LogP contribution in [0.15, 0.2) is 0 Å². The molecule has 0 bridgehead atoms. The molecular weight excluding hydrogens is 152 g/mol. The van der Waals surface area contributed by atoms with Gasteiger partial charge in [-0.05, 0) is 19.8 Å². The highest BCUT2D eigenvalue weighted by Crippen LogP contribution is 2.16. The first kappa shape index (κ1) is 9.96. The minimum atomic E-state index is 0.251. The van der Waals surface area contributed by atoms with Gasteiger partial charge < -0.3 is 15.3 Å². The Balaban J connectivity index is 1.95. The number of likely N-dealkylation sites (tertiary alicyclic amines) is 1. The van der Waals surface area contributed by atoms with Crippen LogP contribution in [0.25, 0.3) is 0 Å². The summed E-state index contributed by atoms with van der Waals surface area (Å²) in [7, 11) is 0. The number of aliphatic hydroxyl groups is 1. The first-order valence-electron chi connectivity index (χ1n) is 4.79. The van der Waals surface area contributed by atoms with Crippen LogP contribution in [0.2, 0.25) is 0 Å². The van der Waals surface area contributed by atoms with E-state index in [-0.39, 0.29) is 6.61 Å².